The van der Waals surface area contributed by atoms with Gasteiger partial charge in [0, 0.05) is 38.1 Å². The van der Waals surface area contributed by atoms with Crippen molar-refractivity contribution in [3.63, 3.8) is 0 Å². The first-order chi connectivity index (χ1) is 33.7. The highest BCUT2D eigenvalue weighted by atomic mass is 16.3. The maximum Gasteiger partial charge on any atom is 0.159 e. The Labute approximate surface area is 389 Å². The first-order valence-corrected chi connectivity index (χ1v) is 23.2. The van der Waals surface area contributed by atoms with Gasteiger partial charge in [0.15, 0.2) is 11.4 Å². The molecule has 15 rings (SSSR count). The van der Waals surface area contributed by atoms with Crippen LogP contribution in [0.4, 0.5) is 0 Å². The van der Waals surface area contributed by atoms with Gasteiger partial charge in [-0.25, -0.2) is 9.98 Å². The van der Waals surface area contributed by atoms with E-state index in [1.54, 1.807) is 0 Å². The van der Waals surface area contributed by atoms with E-state index in [4.69, 9.17) is 14.4 Å². The first-order valence-electron chi connectivity index (χ1n) is 23.2. The van der Waals surface area contributed by atoms with Crippen molar-refractivity contribution in [1.29, 1.82) is 0 Å². The lowest BCUT2D eigenvalue weighted by atomic mass is 9.96. The molecule has 0 bridgehead atoms. The van der Waals surface area contributed by atoms with Crippen LogP contribution in [0, 0.1) is 0 Å². The lowest BCUT2D eigenvalue weighted by Crippen LogP contribution is -2.33. The molecule has 12 aromatic carbocycles. The van der Waals surface area contributed by atoms with E-state index in [0.29, 0.717) is 5.84 Å². The molecule has 0 fully saturated rings. The smallest absolute Gasteiger partial charge is 0.159 e. The van der Waals surface area contributed by atoms with Crippen molar-refractivity contribution >= 4 is 120 Å². The molecule has 68 heavy (non-hydrogen) atoms. The van der Waals surface area contributed by atoms with Crippen molar-refractivity contribution in [2.75, 3.05) is 0 Å². The van der Waals surface area contributed by atoms with E-state index < -0.39 is 6.17 Å². The maximum atomic E-state index is 7.16. The average molecular weight is 867 g/mol. The average Bonchev–Trinajstić information content (AvgIpc) is 3.95. The number of hydrogen-bond donors (Lipinski definition) is 1. The molecule has 0 spiro atoms. The normalized spacial score (nSPS) is 14.3. The van der Waals surface area contributed by atoms with Crippen LogP contribution in [0.1, 0.15) is 22.9 Å². The monoisotopic (exact) mass is 866 g/mol. The number of furan rings is 1. The molecular formula is C63H38N4O. The number of nitrogens with one attached hydrogen (secondary N) is 1. The fourth-order valence-corrected chi connectivity index (χ4v) is 11.2. The summed E-state index contributed by atoms with van der Waals surface area (Å²) in [4.78, 5) is 11.2. The molecule has 1 atom stereocenters. The van der Waals surface area contributed by atoms with Crippen LogP contribution in [0.25, 0.3) is 114 Å². The number of nitrogens with zero attached hydrogens (tertiary/aromatic N) is 3. The van der Waals surface area contributed by atoms with Gasteiger partial charge in [-0.3, -0.25) is 0 Å². The van der Waals surface area contributed by atoms with Crippen LogP contribution in [0.3, 0.4) is 0 Å². The summed E-state index contributed by atoms with van der Waals surface area (Å²) in [5, 5.41) is 22.4. The van der Waals surface area contributed by atoms with Gasteiger partial charge < -0.3 is 14.3 Å². The van der Waals surface area contributed by atoms with Crippen molar-refractivity contribution in [3.8, 4) is 5.69 Å². The molecule has 14 aromatic rings. The van der Waals surface area contributed by atoms with Gasteiger partial charge in [0.2, 0.25) is 0 Å². The third-order valence-corrected chi connectivity index (χ3v) is 14.3. The summed E-state index contributed by atoms with van der Waals surface area (Å²) in [6.07, 6.45) is -0.433. The van der Waals surface area contributed by atoms with Gasteiger partial charge in [0.1, 0.15) is 17.6 Å². The largest absolute Gasteiger partial charge is 0.454 e. The van der Waals surface area contributed by atoms with E-state index in [2.05, 4.69) is 228 Å². The van der Waals surface area contributed by atoms with Crippen LogP contribution in [-0.4, -0.2) is 16.2 Å². The summed E-state index contributed by atoms with van der Waals surface area (Å²) in [5.41, 5.74) is 7.79. The molecule has 5 heteroatoms. The fraction of sp³-hybridized carbons (Fsp3) is 0.0159. The fourth-order valence-electron chi connectivity index (χ4n) is 11.2. The number of amidine groups is 2. The van der Waals surface area contributed by atoms with Gasteiger partial charge >= 0.3 is 0 Å². The highest BCUT2D eigenvalue weighted by molar-refractivity contribution is 6.26. The third kappa shape index (κ3) is 5.50. The van der Waals surface area contributed by atoms with Crippen LogP contribution in [0.15, 0.2) is 233 Å². The summed E-state index contributed by atoms with van der Waals surface area (Å²) >= 11 is 0. The van der Waals surface area contributed by atoms with Crippen LogP contribution in [0.5, 0.6) is 0 Å². The molecule has 3 heterocycles. The topological polar surface area (TPSA) is 54.8 Å². The Morgan fingerprint density at radius 2 is 1.04 bits per heavy atom. The van der Waals surface area contributed by atoms with Crippen LogP contribution in [0.2, 0.25) is 0 Å². The molecule has 1 aliphatic heterocycles. The second-order valence-electron chi connectivity index (χ2n) is 18.1. The van der Waals surface area contributed by atoms with Gasteiger partial charge in [-0.15, -0.1) is 0 Å². The van der Waals surface area contributed by atoms with Gasteiger partial charge in [0.05, 0.1) is 16.7 Å². The zero-order valence-corrected chi connectivity index (χ0v) is 36.6. The summed E-state index contributed by atoms with van der Waals surface area (Å²) in [6, 6.07) is 78.7. The van der Waals surface area contributed by atoms with E-state index in [9.17, 15) is 0 Å². The Kier molecular flexibility index (Phi) is 7.78. The van der Waals surface area contributed by atoms with Crippen molar-refractivity contribution in [3.05, 3.63) is 235 Å². The molecule has 5 nitrogen and oxygen atoms in total. The van der Waals surface area contributed by atoms with E-state index in [1.165, 1.54) is 48.5 Å². The molecule has 0 amide bonds. The molecule has 1 N–H and O–H groups in total. The van der Waals surface area contributed by atoms with Crippen molar-refractivity contribution in [2.24, 2.45) is 9.98 Å². The van der Waals surface area contributed by atoms with Gasteiger partial charge in [0.25, 0.3) is 0 Å². The van der Waals surface area contributed by atoms with Gasteiger partial charge in [-0.05, 0) is 107 Å². The zero-order chi connectivity index (χ0) is 44.5. The summed E-state index contributed by atoms with van der Waals surface area (Å²) in [6.45, 7) is 0. The number of hydrogen-bond acceptors (Lipinski definition) is 4. The number of rotatable bonds is 4. The van der Waals surface area contributed by atoms with Crippen molar-refractivity contribution in [1.82, 2.24) is 9.88 Å². The third-order valence-electron chi connectivity index (χ3n) is 14.3. The van der Waals surface area contributed by atoms with Gasteiger partial charge in [-0.2, -0.15) is 0 Å². The maximum absolute atomic E-state index is 7.16. The lowest BCUT2D eigenvalue weighted by Gasteiger charge is -2.25. The Morgan fingerprint density at radius 3 is 1.85 bits per heavy atom. The first kappa shape index (κ1) is 37.2. The molecule has 316 valence electrons. The van der Waals surface area contributed by atoms with Crippen LogP contribution in [-0.2, 0) is 0 Å². The second-order valence-corrected chi connectivity index (χ2v) is 18.1. The minimum Gasteiger partial charge on any atom is -0.454 e. The standard InChI is InChI=1S/C63H38N4O/c1-2-16-40-31-44(26-25-37(40)13-1)61-64-62(66-63(65-61)53-33-43-19-7-8-20-46(43)49-23-11-12-24-50(49)53)45-34-54-58-47-21-9-5-14-38(47)28-30-57(58)68-60(54)56(36-45)67-55-35-42-18-4-3-17-41(42)32-52(55)51-29-27-39-15-6-10-22-48(39)59(51)67/h1-36,61H,(H,64,65,66). The highest BCUT2D eigenvalue weighted by Gasteiger charge is 2.27. The minimum atomic E-state index is -0.433. The van der Waals surface area contributed by atoms with Crippen molar-refractivity contribution < 1.29 is 4.42 Å². The number of aliphatic imine (C=N–C) groups is 2. The zero-order valence-electron chi connectivity index (χ0n) is 36.6. The predicted octanol–water partition coefficient (Wildman–Crippen LogP) is 16.1. The Bertz CT molecular complexity index is 4550. The highest BCUT2D eigenvalue weighted by Crippen LogP contribution is 2.44. The molecule has 2 aromatic heterocycles. The van der Waals surface area contributed by atoms with E-state index in [-0.39, 0.29) is 0 Å². The minimum absolute atomic E-state index is 0.433. The lowest BCUT2D eigenvalue weighted by molar-refractivity contribution is 0.666. The number of fused-ring (bicyclic) bond motifs is 15. The van der Waals surface area contributed by atoms with Crippen LogP contribution < -0.4 is 5.32 Å². The van der Waals surface area contributed by atoms with Crippen LogP contribution >= 0.6 is 0 Å². The Balaban J connectivity index is 1.07. The Morgan fingerprint density at radius 1 is 0.426 bits per heavy atom. The summed E-state index contributed by atoms with van der Waals surface area (Å²) < 4.78 is 9.60. The SMILES string of the molecule is c1ccc2cc(C3N=C(c4cc(-n5c6cc7ccccc7cc6c6ccc7ccccc7c65)c5oc6ccc7ccccc7c6c5c4)N=C(c4cc5ccccc5c5ccccc45)N3)ccc2c1. The molecule has 0 aliphatic carbocycles. The number of aromatic nitrogens is 1. The molecule has 0 saturated heterocycles. The molecule has 0 radical (unpaired) electrons. The Hall–Kier alpha value is -9.06. The van der Waals surface area contributed by atoms with Gasteiger partial charge in [-0.1, -0.05) is 176 Å². The molecule has 1 aliphatic rings. The van der Waals surface area contributed by atoms with E-state index in [0.717, 1.165) is 88.1 Å². The summed E-state index contributed by atoms with van der Waals surface area (Å²) in [7, 11) is 0. The van der Waals surface area contributed by atoms with Crippen molar-refractivity contribution in [2.45, 2.75) is 6.17 Å². The summed E-state index contributed by atoms with van der Waals surface area (Å²) in [5.74, 6) is 1.41. The van der Waals surface area contributed by atoms with E-state index >= 15 is 0 Å². The molecule has 0 saturated carbocycles. The number of benzene rings is 12. The predicted molar refractivity (Wildman–Crippen MR) is 285 cm³/mol. The second kappa shape index (κ2) is 14.2. The quantitative estimate of drug-likeness (QED) is 0.179. The van der Waals surface area contributed by atoms with E-state index in [1.807, 2.05) is 0 Å². The molecule has 1 unspecified atom stereocenters. The molecular weight excluding hydrogens is 829 g/mol.